The molecule has 0 aliphatic carbocycles. The van der Waals surface area contributed by atoms with E-state index in [-0.39, 0.29) is 0 Å². The van der Waals surface area contributed by atoms with Gasteiger partial charge in [0, 0.05) is 10.8 Å². The first kappa shape index (κ1) is 27.8. The molecule has 0 spiro atoms. The third-order valence-corrected chi connectivity index (χ3v) is 14.8. The standard InChI is InChI=1S/C44H30N4Si/c1-4-16-31(17-5-1)49(32-18-6-2-7-19-32,33-20-8-3-9-21-33)34-28-29-36-35-22-10-13-25-39(35)47-40-26-14-11-23-37(40)45-43(47)44-46-38-24-12-15-27-41(38)48(44)42(36)30-34/h1-30H. The minimum Gasteiger partial charge on any atom is -0.289 e. The van der Waals surface area contributed by atoms with Gasteiger partial charge in [-0.15, -0.1) is 0 Å². The van der Waals surface area contributed by atoms with E-state index in [9.17, 15) is 0 Å². The number of imidazole rings is 2. The zero-order chi connectivity index (χ0) is 32.4. The molecule has 0 saturated heterocycles. The quantitative estimate of drug-likeness (QED) is 0.147. The molecule has 0 atom stereocenters. The van der Waals surface area contributed by atoms with Crippen molar-refractivity contribution in [2.24, 2.45) is 0 Å². The van der Waals surface area contributed by atoms with E-state index in [2.05, 4.69) is 191 Å². The van der Waals surface area contributed by atoms with Crippen LogP contribution in [0, 0.1) is 0 Å². The van der Waals surface area contributed by atoms with Crippen LogP contribution < -0.4 is 20.7 Å². The second-order valence-electron chi connectivity index (χ2n) is 12.6. The summed E-state index contributed by atoms with van der Waals surface area (Å²) in [6, 6.07) is 66.1. The number of para-hydroxylation sites is 5. The molecule has 0 bridgehead atoms. The van der Waals surface area contributed by atoms with Crippen LogP contribution in [0.5, 0.6) is 0 Å². The second-order valence-corrected chi connectivity index (χ2v) is 16.4. The van der Waals surface area contributed by atoms with Crippen LogP contribution in [0.15, 0.2) is 182 Å². The average Bonchev–Trinajstić information content (AvgIpc) is 3.75. The summed E-state index contributed by atoms with van der Waals surface area (Å²) in [7, 11) is -2.80. The molecule has 0 N–H and O–H groups in total. The summed E-state index contributed by atoms with van der Waals surface area (Å²) >= 11 is 0. The maximum Gasteiger partial charge on any atom is 0.182 e. The van der Waals surface area contributed by atoms with Crippen molar-refractivity contribution in [3.8, 4) is 0 Å². The van der Waals surface area contributed by atoms with Gasteiger partial charge in [-0.3, -0.25) is 8.80 Å². The lowest BCUT2D eigenvalue weighted by Gasteiger charge is -2.34. The van der Waals surface area contributed by atoms with E-state index in [0.29, 0.717) is 0 Å². The lowest BCUT2D eigenvalue weighted by Crippen LogP contribution is -2.74. The summed E-state index contributed by atoms with van der Waals surface area (Å²) in [6.07, 6.45) is 0. The Balaban J connectivity index is 1.47. The number of nitrogens with zero attached hydrogens (tertiary/aromatic N) is 4. The molecule has 0 fully saturated rings. The van der Waals surface area contributed by atoms with Gasteiger partial charge in [0.25, 0.3) is 0 Å². The molecule has 0 radical (unpaired) electrons. The lowest BCUT2D eigenvalue weighted by atomic mass is 10.1. The Bertz CT molecular complexity index is 2780. The van der Waals surface area contributed by atoms with Gasteiger partial charge in [0.05, 0.1) is 33.1 Å². The van der Waals surface area contributed by atoms with Crippen molar-refractivity contribution in [1.82, 2.24) is 18.8 Å². The Morgan fingerprint density at radius 1 is 0.327 bits per heavy atom. The molecule has 0 saturated carbocycles. The first-order valence-corrected chi connectivity index (χ1v) is 18.7. The Morgan fingerprint density at radius 3 is 1.27 bits per heavy atom. The molecule has 3 heterocycles. The number of hydrogen-bond donors (Lipinski definition) is 0. The smallest absolute Gasteiger partial charge is 0.182 e. The molecule has 0 unspecified atom stereocenters. The van der Waals surface area contributed by atoms with Crippen molar-refractivity contribution in [1.29, 1.82) is 0 Å². The fourth-order valence-electron chi connectivity index (χ4n) is 7.98. The van der Waals surface area contributed by atoms with E-state index < -0.39 is 8.07 Å². The van der Waals surface area contributed by atoms with Crippen LogP contribution in [0.25, 0.3) is 55.2 Å². The monoisotopic (exact) mass is 642 g/mol. The van der Waals surface area contributed by atoms with Crippen LogP contribution in [-0.4, -0.2) is 26.8 Å². The topological polar surface area (TPSA) is 34.6 Å². The molecular weight excluding hydrogens is 613 g/mol. The predicted molar refractivity (Wildman–Crippen MR) is 206 cm³/mol. The molecule has 3 aromatic heterocycles. The van der Waals surface area contributed by atoms with E-state index in [1.165, 1.54) is 20.7 Å². The SMILES string of the molecule is c1ccc([Si](c2ccccc2)(c2ccccc2)c2ccc3c4ccccc4n4c5ccccc5nc4c4nc5ccccc5n4c3c2)cc1. The molecule has 7 aromatic carbocycles. The van der Waals surface area contributed by atoms with Crippen molar-refractivity contribution in [2.75, 3.05) is 0 Å². The molecule has 49 heavy (non-hydrogen) atoms. The fraction of sp³-hybridized carbons (Fsp3) is 0. The third-order valence-electron chi connectivity index (χ3n) is 10.0. The van der Waals surface area contributed by atoms with Gasteiger partial charge in [-0.05, 0) is 57.1 Å². The van der Waals surface area contributed by atoms with Gasteiger partial charge < -0.3 is 0 Å². The maximum absolute atomic E-state index is 5.32. The summed E-state index contributed by atoms with van der Waals surface area (Å²) in [5, 5.41) is 7.65. The van der Waals surface area contributed by atoms with Crippen molar-refractivity contribution in [3.63, 3.8) is 0 Å². The molecule has 0 amide bonds. The average molecular weight is 643 g/mol. The van der Waals surface area contributed by atoms with E-state index in [1.807, 2.05) is 0 Å². The number of fused-ring (bicyclic) bond motifs is 12. The highest BCUT2D eigenvalue weighted by Crippen LogP contribution is 2.31. The Hall–Kier alpha value is -6.30. The van der Waals surface area contributed by atoms with Crippen LogP contribution in [0.3, 0.4) is 0 Å². The Morgan fingerprint density at radius 2 is 0.735 bits per heavy atom. The highest BCUT2D eigenvalue weighted by atomic mass is 28.3. The summed E-state index contributed by atoms with van der Waals surface area (Å²) in [4.78, 5) is 10.6. The van der Waals surface area contributed by atoms with Gasteiger partial charge in [-0.1, -0.05) is 146 Å². The number of benzene rings is 7. The van der Waals surface area contributed by atoms with Gasteiger partial charge in [-0.25, -0.2) is 9.97 Å². The van der Waals surface area contributed by atoms with Gasteiger partial charge in [0.2, 0.25) is 0 Å². The lowest BCUT2D eigenvalue weighted by molar-refractivity contribution is 1.25. The molecule has 4 nitrogen and oxygen atoms in total. The molecule has 230 valence electrons. The van der Waals surface area contributed by atoms with Crippen LogP contribution in [0.1, 0.15) is 0 Å². The second kappa shape index (κ2) is 10.9. The van der Waals surface area contributed by atoms with Crippen molar-refractivity contribution < 1.29 is 0 Å². The Labute approximate surface area is 283 Å². The molecular formula is C44H30N4Si. The third kappa shape index (κ3) is 4.03. The zero-order valence-electron chi connectivity index (χ0n) is 26.6. The number of rotatable bonds is 4. The van der Waals surface area contributed by atoms with Crippen LogP contribution in [-0.2, 0) is 0 Å². The first-order valence-electron chi connectivity index (χ1n) is 16.7. The van der Waals surface area contributed by atoms with Crippen LogP contribution in [0.2, 0.25) is 0 Å². The van der Waals surface area contributed by atoms with Crippen LogP contribution in [0.4, 0.5) is 0 Å². The Kier molecular flexibility index (Phi) is 6.16. The van der Waals surface area contributed by atoms with Gasteiger partial charge in [-0.2, -0.15) is 0 Å². The first-order chi connectivity index (χ1) is 24.3. The van der Waals surface area contributed by atoms with Crippen LogP contribution >= 0.6 is 0 Å². The summed E-state index contributed by atoms with van der Waals surface area (Å²) in [6.45, 7) is 0. The van der Waals surface area contributed by atoms with Crippen molar-refractivity contribution in [3.05, 3.63) is 182 Å². The molecule has 0 aliphatic rings. The summed E-state index contributed by atoms with van der Waals surface area (Å²) in [5.41, 5.74) is 7.86. The van der Waals surface area contributed by atoms with Gasteiger partial charge in [0.15, 0.2) is 19.4 Å². The summed E-state index contributed by atoms with van der Waals surface area (Å²) in [5.74, 6) is 0. The normalized spacial score (nSPS) is 12.1. The highest BCUT2D eigenvalue weighted by Gasteiger charge is 2.41. The van der Waals surface area contributed by atoms with E-state index in [1.54, 1.807) is 0 Å². The largest absolute Gasteiger partial charge is 0.289 e. The van der Waals surface area contributed by atoms with E-state index >= 15 is 0 Å². The molecule has 10 rings (SSSR count). The van der Waals surface area contributed by atoms with Crippen molar-refractivity contribution in [2.45, 2.75) is 0 Å². The summed E-state index contributed by atoms with van der Waals surface area (Å²) < 4.78 is 4.64. The van der Waals surface area contributed by atoms with Gasteiger partial charge >= 0.3 is 0 Å². The molecule has 0 aliphatic heterocycles. The number of hydrogen-bond acceptors (Lipinski definition) is 2. The van der Waals surface area contributed by atoms with Crippen molar-refractivity contribution >= 4 is 84.0 Å². The zero-order valence-corrected chi connectivity index (χ0v) is 27.6. The van der Waals surface area contributed by atoms with Gasteiger partial charge in [0.1, 0.15) is 0 Å². The molecule has 5 heteroatoms. The highest BCUT2D eigenvalue weighted by molar-refractivity contribution is 7.20. The maximum atomic E-state index is 5.32. The fourth-order valence-corrected chi connectivity index (χ4v) is 12.7. The molecule has 10 aromatic rings. The minimum absolute atomic E-state index is 0.830. The van der Waals surface area contributed by atoms with E-state index in [4.69, 9.17) is 9.97 Å². The number of aromatic nitrogens is 4. The minimum atomic E-state index is -2.80. The predicted octanol–water partition coefficient (Wildman–Crippen LogP) is 7.53. The van der Waals surface area contributed by atoms with E-state index in [0.717, 1.165) is 55.2 Å².